The quantitative estimate of drug-likeness (QED) is 0.0148. The van der Waals surface area contributed by atoms with E-state index in [2.05, 4.69) is 86.8 Å². The second-order valence-electron chi connectivity index (χ2n) is 16.6. The van der Waals surface area contributed by atoms with E-state index < -0.39 is 63.1 Å². The topological polar surface area (TPSA) is 192 Å². The van der Waals surface area contributed by atoms with E-state index in [1.165, 1.54) is 44.9 Å². The highest BCUT2D eigenvalue weighted by Gasteiger charge is 2.51. The summed E-state index contributed by atoms with van der Waals surface area (Å²) in [6.45, 7) is 4.08. The molecule has 6 atom stereocenters. The standard InChI is InChI=1S/C50H87O12P/c1-3-5-7-9-11-13-15-17-19-21-23-25-27-29-31-33-35-37-39-44(51)61-43(42-60-63(57,58)62-50-48(55)46(53)45(52)47(54)49(50)56)41-59-40-38-36-34-32-30-28-26-24-22-20-18-16-14-12-10-8-6-4-2/h6,8,12-15,18-21,24,26,43,45-50,52-56H,3-5,7,9-11,16-17,22-23,25,27-42H2,1-2H3,(H,57,58)/b8-6-,14-12-,15-13-,20-18-,21-19-,26-24-. The van der Waals surface area contributed by atoms with Crippen LogP contribution >= 0.6 is 7.82 Å². The maximum atomic E-state index is 12.8. The fourth-order valence-corrected chi connectivity index (χ4v) is 7.94. The average Bonchev–Trinajstić information content (AvgIpc) is 3.27. The van der Waals surface area contributed by atoms with E-state index in [-0.39, 0.29) is 13.0 Å². The molecule has 0 saturated heterocycles. The van der Waals surface area contributed by atoms with Crippen molar-refractivity contribution >= 4 is 13.8 Å². The number of carbonyl (C=O) groups is 1. The molecule has 0 aliphatic heterocycles. The first-order valence-electron chi connectivity index (χ1n) is 24.3. The number of carbonyl (C=O) groups excluding carboxylic acids is 1. The zero-order chi connectivity index (χ0) is 46.2. The van der Waals surface area contributed by atoms with Gasteiger partial charge in [-0.1, -0.05) is 157 Å². The lowest BCUT2D eigenvalue weighted by atomic mass is 9.85. The Morgan fingerprint density at radius 1 is 0.524 bits per heavy atom. The Bertz CT molecular complexity index is 1310. The molecule has 0 spiro atoms. The SMILES string of the molecule is CC/C=C\C/C=C\C/C=C\C/C=C\CCCCCCCOCC(COP(=O)(O)OC1C(O)C(O)C(O)C(O)C1O)OC(=O)CCCCCCCCC/C=C\C/C=C\CCCCCC. The molecule has 1 saturated carbocycles. The molecule has 0 heterocycles. The van der Waals surface area contributed by atoms with Gasteiger partial charge >= 0.3 is 13.8 Å². The third-order valence-electron chi connectivity index (χ3n) is 10.8. The van der Waals surface area contributed by atoms with E-state index >= 15 is 0 Å². The highest BCUT2D eigenvalue weighted by Crippen LogP contribution is 2.47. The van der Waals surface area contributed by atoms with Crippen molar-refractivity contribution in [1.82, 2.24) is 0 Å². The molecule has 0 amide bonds. The van der Waals surface area contributed by atoms with Gasteiger partial charge in [0.15, 0.2) is 0 Å². The lowest BCUT2D eigenvalue weighted by Gasteiger charge is -2.41. The van der Waals surface area contributed by atoms with Gasteiger partial charge in [-0.05, 0) is 83.5 Å². The number of aliphatic hydroxyl groups excluding tert-OH is 5. The fraction of sp³-hybridized carbons (Fsp3) is 0.740. The molecular weight excluding hydrogens is 824 g/mol. The number of aliphatic hydroxyl groups is 5. The molecule has 6 unspecified atom stereocenters. The largest absolute Gasteiger partial charge is 0.472 e. The van der Waals surface area contributed by atoms with Gasteiger partial charge in [0.05, 0.1) is 13.2 Å². The zero-order valence-corrected chi connectivity index (χ0v) is 39.7. The smallest absolute Gasteiger partial charge is 0.457 e. The summed E-state index contributed by atoms with van der Waals surface area (Å²) in [5, 5.41) is 50.2. The molecule has 0 radical (unpaired) electrons. The molecule has 0 aromatic rings. The maximum absolute atomic E-state index is 12.8. The Kier molecular flexibility index (Phi) is 37.4. The third kappa shape index (κ3) is 32.2. The minimum Gasteiger partial charge on any atom is -0.457 e. The van der Waals surface area contributed by atoms with Crippen LogP contribution < -0.4 is 0 Å². The number of phosphoric ester groups is 1. The number of hydrogen-bond acceptors (Lipinski definition) is 11. The zero-order valence-electron chi connectivity index (χ0n) is 38.8. The molecule has 1 fully saturated rings. The molecule has 13 heteroatoms. The van der Waals surface area contributed by atoms with E-state index in [4.69, 9.17) is 18.5 Å². The molecule has 63 heavy (non-hydrogen) atoms. The number of unbranched alkanes of at least 4 members (excludes halogenated alkanes) is 16. The van der Waals surface area contributed by atoms with Crippen LogP contribution in [0.3, 0.4) is 0 Å². The number of esters is 1. The third-order valence-corrected chi connectivity index (χ3v) is 11.8. The monoisotopic (exact) mass is 911 g/mol. The Balaban J connectivity index is 2.40. The summed E-state index contributed by atoms with van der Waals surface area (Å²) in [4.78, 5) is 23.2. The summed E-state index contributed by atoms with van der Waals surface area (Å²) in [5.74, 6) is -0.495. The Morgan fingerprint density at radius 3 is 1.43 bits per heavy atom. The van der Waals surface area contributed by atoms with Gasteiger partial charge in [0.2, 0.25) is 0 Å². The van der Waals surface area contributed by atoms with E-state index in [1.807, 2.05) is 0 Å². The number of phosphoric acid groups is 1. The van der Waals surface area contributed by atoms with Crippen LogP contribution in [-0.2, 0) is 27.9 Å². The lowest BCUT2D eigenvalue weighted by Crippen LogP contribution is -2.64. The van der Waals surface area contributed by atoms with Crippen LogP contribution in [0.2, 0.25) is 0 Å². The molecule has 1 aliphatic rings. The molecule has 0 aromatic heterocycles. The number of rotatable bonds is 40. The van der Waals surface area contributed by atoms with Gasteiger partial charge in [-0.25, -0.2) is 4.57 Å². The van der Waals surface area contributed by atoms with Gasteiger partial charge in [-0.2, -0.15) is 0 Å². The normalized spacial score (nSPS) is 22.5. The van der Waals surface area contributed by atoms with Crippen molar-refractivity contribution in [2.45, 2.75) is 217 Å². The van der Waals surface area contributed by atoms with Gasteiger partial charge in [0.25, 0.3) is 0 Å². The van der Waals surface area contributed by atoms with E-state index in [0.29, 0.717) is 13.0 Å². The molecule has 6 N–H and O–H groups in total. The Hall–Kier alpha value is -2.22. The van der Waals surface area contributed by atoms with Crippen molar-refractivity contribution in [1.29, 1.82) is 0 Å². The maximum Gasteiger partial charge on any atom is 0.472 e. The van der Waals surface area contributed by atoms with Gasteiger partial charge < -0.3 is 39.9 Å². The minimum atomic E-state index is -5.03. The summed E-state index contributed by atoms with van der Waals surface area (Å²) in [5.41, 5.74) is 0. The molecule has 364 valence electrons. The predicted octanol–water partition coefficient (Wildman–Crippen LogP) is 10.4. The molecule has 0 bridgehead atoms. The first-order chi connectivity index (χ1) is 30.5. The van der Waals surface area contributed by atoms with Crippen molar-refractivity contribution in [3.8, 4) is 0 Å². The van der Waals surface area contributed by atoms with E-state index in [0.717, 1.165) is 103 Å². The van der Waals surface area contributed by atoms with Crippen molar-refractivity contribution < 1.29 is 58.3 Å². The van der Waals surface area contributed by atoms with Gasteiger partial charge in [-0.3, -0.25) is 13.8 Å². The second-order valence-corrected chi connectivity index (χ2v) is 18.0. The molecular formula is C50H87O12P. The summed E-state index contributed by atoms with van der Waals surface area (Å²) >= 11 is 0. The Labute approximate surface area is 380 Å². The molecule has 12 nitrogen and oxygen atoms in total. The van der Waals surface area contributed by atoms with Crippen LogP contribution in [0, 0.1) is 0 Å². The highest BCUT2D eigenvalue weighted by atomic mass is 31.2. The second kappa shape index (κ2) is 40.1. The summed E-state index contributed by atoms with van der Waals surface area (Å²) in [7, 11) is -5.03. The predicted molar refractivity (Wildman–Crippen MR) is 253 cm³/mol. The van der Waals surface area contributed by atoms with Crippen LogP contribution in [0.4, 0.5) is 0 Å². The Morgan fingerprint density at radius 2 is 0.937 bits per heavy atom. The summed E-state index contributed by atoms with van der Waals surface area (Å²) < 4.78 is 34.2. The number of hydrogen-bond donors (Lipinski definition) is 6. The first-order valence-corrected chi connectivity index (χ1v) is 25.8. The van der Waals surface area contributed by atoms with Crippen molar-refractivity contribution in [3.05, 3.63) is 72.9 Å². The summed E-state index contributed by atoms with van der Waals surface area (Å²) in [6, 6.07) is 0. The van der Waals surface area contributed by atoms with Crippen molar-refractivity contribution in [2.24, 2.45) is 0 Å². The first kappa shape index (κ1) is 58.8. The molecule has 1 rings (SSSR count). The van der Waals surface area contributed by atoms with Crippen LogP contribution in [0.15, 0.2) is 72.9 Å². The van der Waals surface area contributed by atoms with Crippen molar-refractivity contribution in [3.63, 3.8) is 0 Å². The van der Waals surface area contributed by atoms with Crippen molar-refractivity contribution in [2.75, 3.05) is 19.8 Å². The molecule has 1 aliphatic carbocycles. The fourth-order valence-electron chi connectivity index (χ4n) is 6.96. The number of ether oxygens (including phenoxy) is 2. The lowest BCUT2D eigenvalue weighted by molar-refractivity contribution is -0.220. The van der Waals surface area contributed by atoms with Gasteiger partial charge in [-0.15, -0.1) is 0 Å². The van der Waals surface area contributed by atoms with E-state index in [1.54, 1.807) is 0 Å². The van der Waals surface area contributed by atoms with Crippen LogP contribution in [0.25, 0.3) is 0 Å². The number of allylic oxidation sites excluding steroid dienone is 12. The van der Waals surface area contributed by atoms with Gasteiger partial charge in [0.1, 0.15) is 42.7 Å². The molecule has 0 aromatic carbocycles. The van der Waals surface area contributed by atoms with Gasteiger partial charge in [0, 0.05) is 13.0 Å². The minimum absolute atomic E-state index is 0.0963. The van der Waals surface area contributed by atoms with Crippen LogP contribution in [0.1, 0.15) is 174 Å². The van der Waals surface area contributed by atoms with Crippen LogP contribution in [0.5, 0.6) is 0 Å². The summed E-state index contributed by atoms with van der Waals surface area (Å²) in [6.07, 6.45) is 39.6. The van der Waals surface area contributed by atoms with Crippen LogP contribution in [-0.4, -0.2) is 98.9 Å². The average molecular weight is 911 g/mol. The van der Waals surface area contributed by atoms with E-state index in [9.17, 15) is 39.8 Å². The highest BCUT2D eigenvalue weighted by molar-refractivity contribution is 7.47.